The number of rotatable bonds is 5. The lowest BCUT2D eigenvalue weighted by Crippen LogP contribution is -2.14. The Kier molecular flexibility index (Phi) is 4.58. The molecule has 0 saturated carbocycles. The van der Waals surface area contributed by atoms with Crippen LogP contribution in [-0.4, -0.2) is 23.3 Å². The minimum atomic E-state index is -0.392. The Labute approximate surface area is 92.0 Å². The van der Waals surface area contributed by atoms with E-state index in [0.29, 0.717) is 17.1 Å². The number of amidine groups is 1. The van der Waals surface area contributed by atoms with Crippen molar-refractivity contribution in [1.82, 2.24) is 0 Å². The highest BCUT2D eigenvalue weighted by Gasteiger charge is 2.06. The van der Waals surface area contributed by atoms with E-state index in [1.54, 1.807) is 6.07 Å². The summed E-state index contributed by atoms with van der Waals surface area (Å²) in [6, 6.07) is 4.23. The van der Waals surface area contributed by atoms with Crippen LogP contribution in [0.3, 0.4) is 0 Å². The standard InChI is InChI=1S/C10H13FN2OS/c11-8-2-1-7(6-15-4-3-14)9(5-8)10(12)13/h1-2,5,14H,3-4,6H2,(H3,12,13). The molecule has 0 bridgehead atoms. The molecule has 1 aromatic carbocycles. The number of aliphatic hydroxyl groups is 1. The summed E-state index contributed by atoms with van der Waals surface area (Å²) in [5, 5.41) is 15.9. The maximum atomic E-state index is 12.9. The Morgan fingerprint density at radius 3 is 2.87 bits per heavy atom. The van der Waals surface area contributed by atoms with Gasteiger partial charge in [-0.25, -0.2) is 4.39 Å². The van der Waals surface area contributed by atoms with E-state index in [1.807, 2.05) is 0 Å². The Bertz CT molecular complexity index is 357. The van der Waals surface area contributed by atoms with Crippen molar-refractivity contribution in [3.8, 4) is 0 Å². The van der Waals surface area contributed by atoms with Gasteiger partial charge in [-0.1, -0.05) is 6.07 Å². The lowest BCUT2D eigenvalue weighted by molar-refractivity contribution is 0.322. The third kappa shape index (κ3) is 3.53. The molecule has 0 amide bonds. The van der Waals surface area contributed by atoms with Gasteiger partial charge in [-0.2, -0.15) is 11.8 Å². The molecule has 0 heterocycles. The van der Waals surface area contributed by atoms with Crippen molar-refractivity contribution in [3.05, 3.63) is 35.1 Å². The first-order valence-electron chi connectivity index (χ1n) is 4.46. The maximum absolute atomic E-state index is 12.9. The SMILES string of the molecule is N=C(N)c1cc(F)ccc1CSCCO. The Hall–Kier alpha value is -1.07. The summed E-state index contributed by atoms with van der Waals surface area (Å²) in [6.07, 6.45) is 0. The van der Waals surface area contributed by atoms with Crippen molar-refractivity contribution < 1.29 is 9.50 Å². The van der Waals surface area contributed by atoms with Crippen molar-refractivity contribution >= 4 is 17.6 Å². The van der Waals surface area contributed by atoms with E-state index in [0.717, 1.165) is 5.56 Å². The van der Waals surface area contributed by atoms with E-state index in [4.69, 9.17) is 16.2 Å². The lowest BCUT2D eigenvalue weighted by atomic mass is 10.1. The third-order valence-electron chi connectivity index (χ3n) is 1.86. The number of thioether (sulfide) groups is 1. The fourth-order valence-electron chi connectivity index (χ4n) is 1.17. The second kappa shape index (κ2) is 5.72. The number of hydrogen-bond acceptors (Lipinski definition) is 3. The van der Waals surface area contributed by atoms with Crippen LogP contribution in [0.15, 0.2) is 18.2 Å². The highest BCUT2D eigenvalue weighted by Crippen LogP contribution is 2.17. The molecule has 0 atom stereocenters. The summed E-state index contributed by atoms with van der Waals surface area (Å²) < 4.78 is 12.9. The summed E-state index contributed by atoms with van der Waals surface area (Å²) in [4.78, 5) is 0. The van der Waals surface area contributed by atoms with Crippen LogP contribution in [0.1, 0.15) is 11.1 Å². The lowest BCUT2D eigenvalue weighted by Gasteiger charge is -2.07. The molecular formula is C10H13FN2OS. The molecule has 0 aliphatic rings. The van der Waals surface area contributed by atoms with Crippen LogP contribution in [0.2, 0.25) is 0 Å². The smallest absolute Gasteiger partial charge is 0.123 e. The fourth-order valence-corrected chi connectivity index (χ4v) is 1.92. The number of hydrogen-bond donors (Lipinski definition) is 3. The molecule has 5 heteroatoms. The highest BCUT2D eigenvalue weighted by atomic mass is 32.2. The predicted octanol–water partition coefficient (Wildman–Crippen LogP) is 1.34. The predicted molar refractivity (Wildman–Crippen MR) is 60.7 cm³/mol. The second-order valence-corrected chi connectivity index (χ2v) is 4.10. The van der Waals surface area contributed by atoms with Gasteiger partial charge in [-0.05, 0) is 17.7 Å². The van der Waals surface area contributed by atoms with Crippen LogP contribution in [0, 0.1) is 11.2 Å². The summed E-state index contributed by atoms with van der Waals surface area (Å²) >= 11 is 1.52. The zero-order valence-corrected chi connectivity index (χ0v) is 8.98. The van der Waals surface area contributed by atoms with E-state index >= 15 is 0 Å². The fraction of sp³-hybridized carbons (Fsp3) is 0.300. The third-order valence-corrected chi connectivity index (χ3v) is 2.84. The quantitative estimate of drug-likeness (QED) is 0.404. The molecular weight excluding hydrogens is 215 g/mol. The van der Waals surface area contributed by atoms with Crippen LogP contribution in [0.5, 0.6) is 0 Å². The van der Waals surface area contributed by atoms with Gasteiger partial charge in [0.05, 0.1) is 6.61 Å². The van der Waals surface area contributed by atoms with Gasteiger partial charge in [0.1, 0.15) is 11.7 Å². The summed E-state index contributed by atoms with van der Waals surface area (Å²) in [5.41, 5.74) is 6.60. The minimum absolute atomic E-state index is 0.112. The van der Waals surface area contributed by atoms with Gasteiger partial charge in [0, 0.05) is 17.1 Å². The average Bonchev–Trinajstić information content (AvgIpc) is 2.20. The topological polar surface area (TPSA) is 70.1 Å². The van der Waals surface area contributed by atoms with Gasteiger partial charge in [-0.15, -0.1) is 0 Å². The molecule has 0 aromatic heterocycles. The second-order valence-electron chi connectivity index (χ2n) is 2.99. The van der Waals surface area contributed by atoms with Crippen LogP contribution < -0.4 is 5.73 Å². The van der Waals surface area contributed by atoms with Crippen molar-refractivity contribution in [2.45, 2.75) is 5.75 Å². The van der Waals surface area contributed by atoms with Gasteiger partial charge >= 0.3 is 0 Å². The largest absolute Gasteiger partial charge is 0.396 e. The van der Waals surface area contributed by atoms with E-state index in [2.05, 4.69) is 0 Å². The zero-order valence-electron chi connectivity index (χ0n) is 8.16. The molecule has 0 saturated heterocycles. The molecule has 0 fully saturated rings. The normalized spacial score (nSPS) is 10.3. The number of nitrogens with one attached hydrogen (secondary N) is 1. The van der Waals surface area contributed by atoms with Gasteiger partial charge in [-0.3, -0.25) is 5.41 Å². The Balaban J connectivity index is 2.81. The summed E-state index contributed by atoms with van der Waals surface area (Å²) in [7, 11) is 0. The van der Waals surface area contributed by atoms with Crippen molar-refractivity contribution in [2.24, 2.45) is 5.73 Å². The summed E-state index contributed by atoms with van der Waals surface area (Å²) in [6.45, 7) is 0.112. The van der Waals surface area contributed by atoms with E-state index in [9.17, 15) is 4.39 Å². The van der Waals surface area contributed by atoms with Crippen LogP contribution in [0.4, 0.5) is 4.39 Å². The Morgan fingerprint density at radius 1 is 1.53 bits per heavy atom. The number of nitrogen functional groups attached to an aromatic ring is 1. The summed E-state index contributed by atoms with van der Waals surface area (Å²) in [5.74, 6) is 0.718. The molecule has 1 aromatic rings. The molecule has 15 heavy (non-hydrogen) atoms. The van der Waals surface area contributed by atoms with Crippen molar-refractivity contribution in [3.63, 3.8) is 0 Å². The van der Waals surface area contributed by atoms with E-state index in [1.165, 1.54) is 23.9 Å². The van der Waals surface area contributed by atoms with Crippen molar-refractivity contribution in [2.75, 3.05) is 12.4 Å². The zero-order chi connectivity index (χ0) is 11.3. The van der Waals surface area contributed by atoms with Gasteiger partial charge in [0.15, 0.2) is 0 Å². The first-order valence-corrected chi connectivity index (χ1v) is 5.62. The van der Waals surface area contributed by atoms with E-state index in [-0.39, 0.29) is 12.4 Å². The van der Waals surface area contributed by atoms with Crippen LogP contribution >= 0.6 is 11.8 Å². The molecule has 82 valence electrons. The Morgan fingerprint density at radius 2 is 2.27 bits per heavy atom. The molecule has 1 rings (SSSR count). The van der Waals surface area contributed by atoms with Crippen LogP contribution in [-0.2, 0) is 5.75 Å². The van der Waals surface area contributed by atoms with Gasteiger partial charge < -0.3 is 10.8 Å². The monoisotopic (exact) mass is 228 g/mol. The molecule has 0 aliphatic carbocycles. The molecule has 0 aliphatic heterocycles. The molecule has 0 unspecified atom stereocenters. The van der Waals surface area contributed by atoms with Crippen LogP contribution in [0.25, 0.3) is 0 Å². The minimum Gasteiger partial charge on any atom is -0.396 e. The average molecular weight is 228 g/mol. The molecule has 4 N–H and O–H groups in total. The molecule has 0 spiro atoms. The number of benzene rings is 1. The number of nitrogens with two attached hydrogens (primary N) is 1. The first-order chi connectivity index (χ1) is 7.15. The maximum Gasteiger partial charge on any atom is 0.123 e. The molecule has 3 nitrogen and oxygen atoms in total. The number of halogens is 1. The van der Waals surface area contributed by atoms with Crippen molar-refractivity contribution in [1.29, 1.82) is 5.41 Å². The highest BCUT2D eigenvalue weighted by molar-refractivity contribution is 7.98. The van der Waals surface area contributed by atoms with Gasteiger partial charge in [0.25, 0.3) is 0 Å². The number of aliphatic hydroxyl groups excluding tert-OH is 1. The van der Waals surface area contributed by atoms with E-state index < -0.39 is 5.82 Å². The first kappa shape index (κ1) is 12.0. The molecule has 0 radical (unpaired) electrons. The van der Waals surface area contributed by atoms with Gasteiger partial charge in [0.2, 0.25) is 0 Å².